The molecule has 1 nitrogen and oxygen atoms in total. The van der Waals surface area contributed by atoms with E-state index in [-0.39, 0.29) is 10.8 Å². The molecular weight excluding hydrogens is 735 g/mol. The van der Waals surface area contributed by atoms with Gasteiger partial charge in [-0.1, -0.05) is 166 Å². The summed E-state index contributed by atoms with van der Waals surface area (Å²) in [5.41, 5.74) is 27.3. The fraction of sp³-hybridized carbons (Fsp3) is 0.133. The lowest BCUT2D eigenvalue weighted by atomic mass is 9.70. The van der Waals surface area contributed by atoms with Crippen molar-refractivity contribution in [1.29, 1.82) is 0 Å². The predicted octanol–water partition coefficient (Wildman–Crippen LogP) is 15.9. The first-order valence-electron chi connectivity index (χ1n) is 21.9. The van der Waals surface area contributed by atoms with Crippen LogP contribution in [-0.4, -0.2) is 0 Å². The Hall–Kier alpha value is -6.96. The Balaban J connectivity index is 1.01. The van der Waals surface area contributed by atoms with Gasteiger partial charge in [-0.3, -0.25) is 0 Å². The van der Waals surface area contributed by atoms with Crippen molar-refractivity contribution in [3.8, 4) is 44.5 Å². The molecule has 4 aliphatic carbocycles. The van der Waals surface area contributed by atoms with E-state index < -0.39 is 0 Å². The first kappa shape index (κ1) is 35.9. The molecule has 0 heterocycles. The Morgan fingerprint density at radius 3 is 1.59 bits per heavy atom. The topological polar surface area (TPSA) is 3.24 Å². The quantitative estimate of drug-likeness (QED) is 0.168. The molecule has 0 radical (unpaired) electrons. The molecule has 4 aliphatic rings. The summed E-state index contributed by atoms with van der Waals surface area (Å²) in [6.07, 6.45) is 6.77. The van der Waals surface area contributed by atoms with E-state index in [9.17, 15) is 0 Å². The Bertz CT molecular complexity index is 3140. The van der Waals surface area contributed by atoms with Gasteiger partial charge in [0.25, 0.3) is 0 Å². The number of fused-ring (bicyclic) bond motifs is 13. The van der Waals surface area contributed by atoms with Gasteiger partial charge in [-0.25, -0.2) is 0 Å². The van der Waals surface area contributed by atoms with E-state index in [1.807, 2.05) is 0 Å². The normalized spacial score (nSPS) is 15.5. The molecule has 0 N–H and O–H groups in total. The van der Waals surface area contributed by atoms with Crippen LogP contribution in [0.5, 0.6) is 0 Å². The molecule has 0 aliphatic heterocycles. The average molecular weight is 782 g/mol. The third-order valence-electron chi connectivity index (χ3n) is 14.5. The van der Waals surface area contributed by atoms with Crippen molar-refractivity contribution in [2.75, 3.05) is 4.90 Å². The molecule has 0 aromatic heterocycles. The van der Waals surface area contributed by atoms with E-state index in [2.05, 4.69) is 221 Å². The third-order valence-corrected chi connectivity index (χ3v) is 14.5. The standard InChI is InChI=1S/C60H47N/c1-38-16-5-6-17-44(38)45-34-32-42(36-39(45)2)61(43-33-35-50-47-18-7-11-23-52(47)59(3,4)57(50)37-43)41-30-28-40(29-31-41)46-22-15-27-56-58(46)51-21-10-14-26-55(51)60(56)53-24-12-8-19-48(53)49-20-9-13-25-54(49)60/h5,7-16,18-37H,6,17H2,1-4H3. The van der Waals surface area contributed by atoms with E-state index in [1.165, 1.54) is 112 Å². The van der Waals surface area contributed by atoms with Gasteiger partial charge in [0.2, 0.25) is 0 Å². The van der Waals surface area contributed by atoms with Gasteiger partial charge in [0.1, 0.15) is 0 Å². The molecule has 292 valence electrons. The van der Waals surface area contributed by atoms with Crippen LogP contribution in [0.1, 0.15) is 78.1 Å². The van der Waals surface area contributed by atoms with Gasteiger partial charge in [-0.2, -0.15) is 0 Å². The summed E-state index contributed by atoms with van der Waals surface area (Å²) in [5, 5.41) is 0. The maximum absolute atomic E-state index is 2.47. The molecule has 1 heteroatoms. The van der Waals surface area contributed by atoms with E-state index in [4.69, 9.17) is 0 Å². The predicted molar refractivity (Wildman–Crippen MR) is 256 cm³/mol. The number of nitrogens with zero attached hydrogens (tertiary/aromatic N) is 1. The van der Waals surface area contributed by atoms with Crippen LogP contribution in [0.15, 0.2) is 194 Å². The monoisotopic (exact) mass is 781 g/mol. The maximum Gasteiger partial charge on any atom is 0.0725 e. The number of rotatable bonds is 5. The molecule has 12 rings (SSSR count). The molecule has 0 unspecified atom stereocenters. The highest BCUT2D eigenvalue weighted by Gasteiger charge is 2.52. The fourth-order valence-corrected chi connectivity index (χ4v) is 11.7. The fourth-order valence-electron chi connectivity index (χ4n) is 11.7. The lowest BCUT2D eigenvalue weighted by Gasteiger charge is -2.30. The second kappa shape index (κ2) is 13.3. The van der Waals surface area contributed by atoms with E-state index in [1.54, 1.807) is 0 Å². The van der Waals surface area contributed by atoms with Crippen LogP contribution in [0.3, 0.4) is 0 Å². The summed E-state index contributed by atoms with van der Waals surface area (Å²) >= 11 is 0. The zero-order valence-corrected chi connectivity index (χ0v) is 35.3. The summed E-state index contributed by atoms with van der Waals surface area (Å²) in [6.45, 7) is 9.28. The van der Waals surface area contributed by atoms with Crippen molar-refractivity contribution in [2.45, 2.75) is 51.4 Å². The first-order chi connectivity index (χ1) is 29.9. The van der Waals surface area contributed by atoms with Crippen molar-refractivity contribution < 1.29 is 0 Å². The zero-order chi connectivity index (χ0) is 41.0. The highest BCUT2D eigenvalue weighted by atomic mass is 15.1. The second-order valence-corrected chi connectivity index (χ2v) is 18.0. The van der Waals surface area contributed by atoms with Crippen molar-refractivity contribution in [1.82, 2.24) is 0 Å². The van der Waals surface area contributed by atoms with Gasteiger partial charge >= 0.3 is 0 Å². The molecule has 0 saturated carbocycles. The lowest BCUT2D eigenvalue weighted by molar-refractivity contribution is 0.660. The molecule has 0 atom stereocenters. The van der Waals surface area contributed by atoms with Gasteiger partial charge in [-0.05, 0) is 163 Å². The van der Waals surface area contributed by atoms with Crippen LogP contribution in [0.4, 0.5) is 17.1 Å². The number of aryl methyl sites for hydroxylation is 1. The molecule has 8 aromatic carbocycles. The Morgan fingerprint density at radius 2 is 0.934 bits per heavy atom. The number of hydrogen-bond donors (Lipinski definition) is 0. The van der Waals surface area contributed by atoms with Gasteiger partial charge in [0.05, 0.1) is 5.41 Å². The Morgan fingerprint density at radius 1 is 0.426 bits per heavy atom. The third kappa shape index (κ3) is 5.01. The van der Waals surface area contributed by atoms with E-state index in [0.717, 1.165) is 18.5 Å². The largest absolute Gasteiger partial charge is 0.310 e. The molecule has 0 saturated heterocycles. The molecule has 1 spiro atoms. The van der Waals surface area contributed by atoms with Crippen molar-refractivity contribution in [3.63, 3.8) is 0 Å². The maximum atomic E-state index is 2.47. The average Bonchev–Trinajstić information content (AvgIpc) is 3.86. The first-order valence-corrected chi connectivity index (χ1v) is 21.9. The van der Waals surface area contributed by atoms with Crippen LogP contribution in [0, 0.1) is 6.92 Å². The number of anilines is 3. The SMILES string of the molecule is CC1=C(c2ccc(N(c3ccc(-c4cccc5c4-c4ccccc4C54c5ccccc5-c5ccccc54)cc3)c3ccc4c(c3)C(C)(C)c3ccccc3-4)cc2C)CCC=C1. The van der Waals surface area contributed by atoms with Crippen molar-refractivity contribution in [2.24, 2.45) is 0 Å². The van der Waals surface area contributed by atoms with E-state index >= 15 is 0 Å². The summed E-state index contributed by atoms with van der Waals surface area (Å²) in [6, 6.07) is 66.7. The minimum absolute atomic E-state index is 0.0998. The van der Waals surface area contributed by atoms with Crippen LogP contribution in [-0.2, 0) is 10.8 Å². The summed E-state index contributed by atoms with van der Waals surface area (Å²) in [4.78, 5) is 2.47. The highest BCUT2D eigenvalue weighted by Crippen LogP contribution is 2.64. The molecule has 0 amide bonds. The Kier molecular flexibility index (Phi) is 7.82. The number of allylic oxidation sites excluding steroid dienone is 4. The minimum atomic E-state index is -0.362. The van der Waals surface area contributed by atoms with Crippen molar-refractivity contribution in [3.05, 3.63) is 238 Å². The summed E-state index contributed by atoms with van der Waals surface area (Å²) in [5.74, 6) is 0. The van der Waals surface area contributed by atoms with Gasteiger partial charge < -0.3 is 4.90 Å². The summed E-state index contributed by atoms with van der Waals surface area (Å²) < 4.78 is 0. The van der Waals surface area contributed by atoms with Crippen LogP contribution >= 0.6 is 0 Å². The van der Waals surface area contributed by atoms with Crippen LogP contribution < -0.4 is 4.90 Å². The van der Waals surface area contributed by atoms with Crippen LogP contribution in [0.25, 0.3) is 50.1 Å². The van der Waals surface area contributed by atoms with Gasteiger partial charge in [0, 0.05) is 22.5 Å². The number of benzene rings is 8. The Labute approximate surface area is 360 Å². The van der Waals surface area contributed by atoms with Gasteiger partial charge in [-0.15, -0.1) is 0 Å². The molecule has 61 heavy (non-hydrogen) atoms. The van der Waals surface area contributed by atoms with E-state index in [0.29, 0.717) is 0 Å². The lowest BCUT2D eigenvalue weighted by Crippen LogP contribution is -2.25. The zero-order valence-electron chi connectivity index (χ0n) is 35.3. The minimum Gasteiger partial charge on any atom is -0.310 e. The highest BCUT2D eigenvalue weighted by molar-refractivity contribution is 6.00. The molecule has 0 fully saturated rings. The molecular formula is C60H47N. The van der Waals surface area contributed by atoms with Crippen LogP contribution in [0.2, 0.25) is 0 Å². The van der Waals surface area contributed by atoms with Crippen molar-refractivity contribution >= 4 is 22.6 Å². The smallest absolute Gasteiger partial charge is 0.0725 e. The summed E-state index contributed by atoms with van der Waals surface area (Å²) in [7, 11) is 0. The molecule has 8 aromatic rings. The van der Waals surface area contributed by atoms with Gasteiger partial charge in [0.15, 0.2) is 0 Å². The second-order valence-electron chi connectivity index (χ2n) is 18.0. The number of hydrogen-bond acceptors (Lipinski definition) is 1. The molecule has 0 bridgehead atoms.